The molecule has 2 unspecified atom stereocenters. The molecular weight excluding hydrogens is 480 g/mol. The first kappa shape index (κ1) is 22.0. The van der Waals surface area contributed by atoms with Gasteiger partial charge in [-0.15, -0.1) is 23.1 Å². The number of carboxylic acid groups (broad SMARTS) is 1. The number of hydrogen-bond acceptors (Lipinski definition) is 10. The van der Waals surface area contributed by atoms with E-state index < -0.39 is 35.2 Å². The van der Waals surface area contributed by atoms with E-state index in [0.717, 1.165) is 11.8 Å². The number of thiazole rings is 1. The Morgan fingerprint density at radius 3 is 2.84 bits per heavy atom. The number of carbonyl (C=O) groups is 4. The van der Waals surface area contributed by atoms with Crippen molar-refractivity contribution in [1.82, 2.24) is 15.2 Å². The molecule has 1 fully saturated rings. The number of nitrogens with zero attached hydrogens (tertiary/aromatic N) is 2. The molecule has 0 spiro atoms. The summed E-state index contributed by atoms with van der Waals surface area (Å²) in [5.41, 5.74) is 6.96. The molecule has 2 aromatic heterocycles. The number of thiophene rings is 1. The van der Waals surface area contributed by atoms with Crippen LogP contribution in [0.1, 0.15) is 21.4 Å². The van der Waals surface area contributed by atoms with Crippen molar-refractivity contribution in [2.24, 2.45) is 5.73 Å². The first-order valence-corrected chi connectivity index (χ1v) is 12.8. The summed E-state index contributed by atoms with van der Waals surface area (Å²) in [5.74, 6) is -1.76. The standard InChI is InChI=1S/C18H16N4O5S4/c19-10(8-1-3-28-5-8)13(23)21-11-15(24)22-12(17(25)26)9(6-30-16(11)22)7-31-18(27)14-20-2-4-29-14/h1-5,10-11,16H,6-7,19H2,(H,21,23)(H,25,26)/t10?,11?,16-/m0/s1. The van der Waals surface area contributed by atoms with Crippen molar-refractivity contribution < 1.29 is 24.3 Å². The summed E-state index contributed by atoms with van der Waals surface area (Å²) in [5, 5.41) is 17.2. The Kier molecular flexibility index (Phi) is 6.48. The lowest BCUT2D eigenvalue weighted by Crippen LogP contribution is -2.71. The summed E-state index contributed by atoms with van der Waals surface area (Å²) < 4.78 is 0. The quantitative estimate of drug-likeness (QED) is 0.486. The van der Waals surface area contributed by atoms with Crippen LogP contribution in [0.25, 0.3) is 0 Å². The van der Waals surface area contributed by atoms with Crippen LogP contribution >= 0.6 is 46.2 Å². The van der Waals surface area contributed by atoms with Gasteiger partial charge in [0.25, 0.3) is 5.91 Å². The number of carboxylic acids is 1. The van der Waals surface area contributed by atoms with Crippen molar-refractivity contribution in [3.05, 3.63) is 50.2 Å². The van der Waals surface area contributed by atoms with Crippen LogP contribution in [0, 0.1) is 0 Å². The summed E-state index contributed by atoms with van der Waals surface area (Å²) >= 11 is 4.93. The van der Waals surface area contributed by atoms with Gasteiger partial charge < -0.3 is 16.2 Å². The minimum atomic E-state index is -1.24. The Morgan fingerprint density at radius 1 is 1.39 bits per heavy atom. The Hall–Kier alpha value is -2.19. The van der Waals surface area contributed by atoms with Crippen LogP contribution in [0.4, 0.5) is 0 Å². The monoisotopic (exact) mass is 496 g/mol. The van der Waals surface area contributed by atoms with Gasteiger partial charge in [0.1, 0.15) is 23.2 Å². The zero-order valence-electron chi connectivity index (χ0n) is 15.7. The van der Waals surface area contributed by atoms with E-state index in [-0.39, 0.29) is 16.6 Å². The Labute approximate surface area is 193 Å². The Morgan fingerprint density at radius 2 is 2.19 bits per heavy atom. The van der Waals surface area contributed by atoms with Crippen LogP contribution in [-0.2, 0) is 14.4 Å². The van der Waals surface area contributed by atoms with Crippen molar-refractivity contribution in [1.29, 1.82) is 0 Å². The van der Waals surface area contributed by atoms with Gasteiger partial charge in [0.2, 0.25) is 11.0 Å². The third kappa shape index (κ3) is 4.28. The highest BCUT2D eigenvalue weighted by Crippen LogP contribution is 2.41. The second-order valence-corrected chi connectivity index (χ2v) is 10.3. The maximum absolute atomic E-state index is 12.7. The molecule has 9 nitrogen and oxygen atoms in total. The van der Waals surface area contributed by atoms with E-state index in [1.807, 2.05) is 0 Å². The van der Waals surface area contributed by atoms with E-state index in [2.05, 4.69) is 10.3 Å². The molecule has 0 radical (unpaired) electrons. The molecule has 4 rings (SSSR count). The zero-order chi connectivity index (χ0) is 22.1. The molecule has 2 aromatic rings. The molecule has 0 aliphatic carbocycles. The number of rotatable bonds is 7. The lowest BCUT2D eigenvalue weighted by atomic mass is 10.0. The average Bonchev–Trinajstić information content (AvgIpc) is 3.48. The normalized spacial score (nSPS) is 21.3. The lowest BCUT2D eigenvalue weighted by Gasteiger charge is -2.49. The van der Waals surface area contributed by atoms with Crippen molar-refractivity contribution >= 4 is 69.1 Å². The highest BCUT2D eigenvalue weighted by atomic mass is 32.2. The number of aliphatic carboxylic acids is 1. The second-order valence-electron chi connectivity index (χ2n) is 6.60. The first-order valence-electron chi connectivity index (χ1n) is 8.93. The van der Waals surface area contributed by atoms with E-state index in [1.165, 1.54) is 45.5 Å². The number of amides is 2. The number of β-lactam (4-membered cyclic amide) rings is 1. The van der Waals surface area contributed by atoms with E-state index in [4.69, 9.17) is 5.73 Å². The van der Waals surface area contributed by atoms with Gasteiger partial charge in [-0.2, -0.15) is 11.3 Å². The average molecular weight is 497 g/mol. The number of nitrogens with two attached hydrogens (primary N) is 1. The Bertz CT molecular complexity index is 1050. The molecule has 0 saturated carbocycles. The molecule has 2 amide bonds. The van der Waals surface area contributed by atoms with Gasteiger partial charge in [0.05, 0.1) is 0 Å². The van der Waals surface area contributed by atoms with Crippen molar-refractivity contribution in [3.63, 3.8) is 0 Å². The smallest absolute Gasteiger partial charge is 0.352 e. The summed E-state index contributed by atoms with van der Waals surface area (Å²) in [4.78, 5) is 54.4. The van der Waals surface area contributed by atoms with Crippen LogP contribution in [0.2, 0.25) is 0 Å². The zero-order valence-corrected chi connectivity index (χ0v) is 19.0. The van der Waals surface area contributed by atoms with Crippen molar-refractivity contribution in [3.8, 4) is 0 Å². The molecule has 3 atom stereocenters. The summed E-state index contributed by atoms with van der Waals surface area (Å²) in [7, 11) is 0. The molecule has 2 aliphatic rings. The van der Waals surface area contributed by atoms with Crippen LogP contribution in [0.15, 0.2) is 39.7 Å². The third-order valence-corrected chi connectivity index (χ3v) is 8.61. The highest BCUT2D eigenvalue weighted by Gasteiger charge is 2.54. The molecule has 31 heavy (non-hydrogen) atoms. The highest BCUT2D eigenvalue weighted by molar-refractivity contribution is 8.14. The van der Waals surface area contributed by atoms with Gasteiger partial charge in [-0.05, 0) is 28.0 Å². The molecular formula is C18H16N4O5S4. The van der Waals surface area contributed by atoms with Gasteiger partial charge in [0, 0.05) is 23.1 Å². The summed E-state index contributed by atoms with van der Waals surface area (Å²) in [6.45, 7) is 0. The van der Waals surface area contributed by atoms with Crippen molar-refractivity contribution in [2.75, 3.05) is 11.5 Å². The number of thioether (sulfide) groups is 2. The molecule has 2 aliphatic heterocycles. The van der Waals surface area contributed by atoms with Crippen LogP contribution < -0.4 is 11.1 Å². The fraction of sp³-hybridized carbons (Fsp3) is 0.278. The second kappa shape index (κ2) is 9.12. The minimum absolute atomic E-state index is 0.124. The molecule has 4 heterocycles. The molecule has 162 valence electrons. The van der Waals surface area contributed by atoms with Gasteiger partial charge in [-0.3, -0.25) is 19.3 Å². The molecule has 4 N–H and O–H groups in total. The maximum atomic E-state index is 12.7. The van der Waals surface area contributed by atoms with Crippen LogP contribution in [0.5, 0.6) is 0 Å². The largest absolute Gasteiger partial charge is 0.477 e. The van der Waals surface area contributed by atoms with E-state index in [1.54, 1.807) is 22.2 Å². The van der Waals surface area contributed by atoms with E-state index >= 15 is 0 Å². The molecule has 0 bridgehead atoms. The lowest BCUT2D eigenvalue weighted by molar-refractivity contribution is -0.150. The fourth-order valence-electron chi connectivity index (χ4n) is 3.18. The van der Waals surface area contributed by atoms with Gasteiger partial charge in [0.15, 0.2) is 5.01 Å². The Balaban J connectivity index is 1.44. The SMILES string of the molecule is NC(C(=O)NC1C(=O)N2C(C(=O)O)=C(CSC(=O)c3nccs3)CS[C@@H]12)c1ccsc1. The van der Waals surface area contributed by atoms with Crippen LogP contribution in [0.3, 0.4) is 0 Å². The number of carbonyl (C=O) groups excluding carboxylic acids is 3. The summed E-state index contributed by atoms with van der Waals surface area (Å²) in [6, 6.07) is -0.0100. The van der Waals surface area contributed by atoms with Crippen molar-refractivity contribution in [2.45, 2.75) is 17.5 Å². The first-order chi connectivity index (χ1) is 14.9. The predicted octanol–water partition coefficient (Wildman–Crippen LogP) is 1.52. The fourth-order valence-corrected chi connectivity index (χ4v) is 6.86. The molecule has 0 aromatic carbocycles. The molecule has 13 heteroatoms. The molecule has 1 saturated heterocycles. The van der Waals surface area contributed by atoms with Gasteiger partial charge >= 0.3 is 5.97 Å². The van der Waals surface area contributed by atoms with Crippen LogP contribution in [-0.4, -0.2) is 60.8 Å². The van der Waals surface area contributed by atoms with Gasteiger partial charge in [-0.1, -0.05) is 11.8 Å². The minimum Gasteiger partial charge on any atom is -0.477 e. The van der Waals surface area contributed by atoms with E-state index in [9.17, 15) is 24.3 Å². The topological polar surface area (TPSA) is 143 Å². The number of fused-ring (bicyclic) bond motifs is 1. The van der Waals surface area contributed by atoms with E-state index in [0.29, 0.717) is 21.9 Å². The predicted molar refractivity (Wildman–Crippen MR) is 120 cm³/mol. The number of nitrogens with one attached hydrogen (secondary N) is 1. The maximum Gasteiger partial charge on any atom is 0.352 e. The number of hydrogen-bond donors (Lipinski definition) is 3. The summed E-state index contributed by atoms with van der Waals surface area (Å²) in [6.07, 6.45) is 1.53. The number of aromatic nitrogens is 1. The van der Waals surface area contributed by atoms with Gasteiger partial charge in [-0.25, -0.2) is 9.78 Å². The third-order valence-electron chi connectivity index (χ3n) is 4.72.